The van der Waals surface area contributed by atoms with Crippen LogP contribution < -0.4 is 5.73 Å². The summed E-state index contributed by atoms with van der Waals surface area (Å²) < 4.78 is 7.71. The third kappa shape index (κ3) is 2.45. The highest BCUT2D eigenvalue weighted by atomic mass is 35.5. The van der Waals surface area contributed by atoms with Crippen LogP contribution in [0, 0.1) is 6.92 Å². The van der Waals surface area contributed by atoms with Gasteiger partial charge in [0.15, 0.2) is 0 Å². The fourth-order valence-corrected chi connectivity index (χ4v) is 2.77. The zero-order valence-corrected chi connectivity index (χ0v) is 13.1. The van der Waals surface area contributed by atoms with Crippen molar-refractivity contribution < 1.29 is 4.42 Å². The molecule has 0 spiro atoms. The molecule has 2 N–H and O–H groups in total. The molecule has 0 saturated heterocycles. The van der Waals surface area contributed by atoms with Gasteiger partial charge in [-0.2, -0.15) is 5.10 Å². The minimum absolute atomic E-state index is 0.185. The predicted molar refractivity (Wildman–Crippen MR) is 84.6 cm³/mol. The Bertz CT molecular complexity index is 788. The summed E-state index contributed by atoms with van der Waals surface area (Å²) in [5, 5.41) is 5.90. The van der Waals surface area contributed by atoms with E-state index in [1.165, 1.54) is 5.56 Å². The minimum atomic E-state index is -0.435. The summed E-state index contributed by atoms with van der Waals surface area (Å²) in [6.07, 6.45) is 1.63. The molecule has 0 fully saturated rings. The largest absolute Gasteiger partial charge is 0.459 e. The van der Waals surface area contributed by atoms with Crippen molar-refractivity contribution in [3.8, 4) is 0 Å². The standard InChI is InChI=1S/C16H18ClN3O/c1-9(2)20-16(12(17)8-19-20)15(18)14-7-11-6-10(3)4-5-13(11)21-14/h4-9,15H,18H2,1-3H3. The van der Waals surface area contributed by atoms with E-state index in [4.69, 9.17) is 21.8 Å². The van der Waals surface area contributed by atoms with Crippen molar-refractivity contribution in [3.05, 3.63) is 52.5 Å². The summed E-state index contributed by atoms with van der Waals surface area (Å²) in [4.78, 5) is 0. The van der Waals surface area contributed by atoms with E-state index in [1.807, 2.05) is 36.7 Å². The summed E-state index contributed by atoms with van der Waals surface area (Å²) in [5.74, 6) is 0.694. The van der Waals surface area contributed by atoms with Gasteiger partial charge in [-0.3, -0.25) is 4.68 Å². The van der Waals surface area contributed by atoms with Gasteiger partial charge in [0, 0.05) is 11.4 Å². The molecule has 0 amide bonds. The topological polar surface area (TPSA) is 57.0 Å². The number of furan rings is 1. The van der Waals surface area contributed by atoms with Crippen LogP contribution >= 0.6 is 11.6 Å². The highest BCUT2D eigenvalue weighted by molar-refractivity contribution is 6.31. The van der Waals surface area contributed by atoms with Crippen LogP contribution in [0.4, 0.5) is 0 Å². The van der Waals surface area contributed by atoms with Crippen molar-refractivity contribution in [2.45, 2.75) is 32.9 Å². The second-order valence-electron chi connectivity index (χ2n) is 5.58. The molecule has 3 aromatic rings. The van der Waals surface area contributed by atoms with Crippen LogP contribution in [0.2, 0.25) is 5.02 Å². The first-order valence-electron chi connectivity index (χ1n) is 6.96. The molecule has 0 bridgehead atoms. The fourth-order valence-electron chi connectivity index (χ4n) is 2.52. The fraction of sp³-hybridized carbons (Fsp3) is 0.312. The van der Waals surface area contributed by atoms with Crippen LogP contribution in [0.15, 0.2) is 34.9 Å². The van der Waals surface area contributed by atoms with Gasteiger partial charge in [0.1, 0.15) is 17.4 Å². The normalized spacial score (nSPS) is 13.2. The number of hydrogen-bond donors (Lipinski definition) is 1. The lowest BCUT2D eigenvalue weighted by atomic mass is 10.1. The SMILES string of the molecule is Cc1ccc2oc(C(N)c3c(Cl)cnn3C(C)C)cc2c1. The Balaban J connectivity index is 2.08. The van der Waals surface area contributed by atoms with Crippen LogP contribution in [-0.2, 0) is 0 Å². The van der Waals surface area contributed by atoms with Gasteiger partial charge in [-0.05, 0) is 39.0 Å². The van der Waals surface area contributed by atoms with E-state index >= 15 is 0 Å². The van der Waals surface area contributed by atoms with E-state index in [2.05, 4.69) is 18.1 Å². The van der Waals surface area contributed by atoms with Crippen LogP contribution in [0.3, 0.4) is 0 Å². The number of nitrogens with two attached hydrogens (primary N) is 1. The third-order valence-electron chi connectivity index (χ3n) is 3.57. The maximum Gasteiger partial charge on any atom is 0.134 e. The Labute approximate surface area is 128 Å². The molecule has 21 heavy (non-hydrogen) atoms. The minimum Gasteiger partial charge on any atom is -0.459 e. The van der Waals surface area contributed by atoms with Gasteiger partial charge in [-0.1, -0.05) is 23.2 Å². The average molecular weight is 304 g/mol. The first-order valence-corrected chi connectivity index (χ1v) is 7.33. The molecule has 0 radical (unpaired) electrons. The molecule has 0 saturated carbocycles. The third-order valence-corrected chi connectivity index (χ3v) is 3.86. The number of fused-ring (bicyclic) bond motifs is 1. The maximum atomic E-state index is 6.36. The van der Waals surface area contributed by atoms with Gasteiger partial charge in [0.05, 0.1) is 16.9 Å². The summed E-state index contributed by atoms with van der Waals surface area (Å²) in [7, 11) is 0. The van der Waals surface area contributed by atoms with Gasteiger partial charge in [0.25, 0.3) is 0 Å². The summed E-state index contributed by atoms with van der Waals surface area (Å²) >= 11 is 6.25. The smallest absolute Gasteiger partial charge is 0.134 e. The van der Waals surface area contributed by atoms with Crippen molar-refractivity contribution in [2.75, 3.05) is 0 Å². The van der Waals surface area contributed by atoms with Gasteiger partial charge in [-0.25, -0.2) is 0 Å². The van der Waals surface area contributed by atoms with Gasteiger partial charge in [0.2, 0.25) is 0 Å². The first kappa shape index (κ1) is 14.2. The maximum absolute atomic E-state index is 6.36. The number of halogens is 1. The second-order valence-corrected chi connectivity index (χ2v) is 5.99. The monoisotopic (exact) mass is 303 g/mol. The molecule has 1 aromatic carbocycles. The Hall–Kier alpha value is -1.78. The zero-order chi connectivity index (χ0) is 15.1. The van der Waals surface area contributed by atoms with E-state index in [0.717, 1.165) is 16.7 Å². The molecule has 2 heterocycles. The molecule has 1 atom stereocenters. The van der Waals surface area contributed by atoms with E-state index in [0.29, 0.717) is 10.8 Å². The Morgan fingerprint density at radius 1 is 1.29 bits per heavy atom. The number of aryl methyl sites for hydroxylation is 1. The Morgan fingerprint density at radius 2 is 2.05 bits per heavy atom. The van der Waals surface area contributed by atoms with Crippen molar-refractivity contribution in [3.63, 3.8) is 0 Å². The molecule has 0 aliphatic rings. The quantitative estimate of drug-likeness (QED) is 0.788. The highest BCUT2D eigenvalue weighted by Crippen LogP contribution is 2.31. The number of nitrogens with zero attached hydrogens (tertiary/aromatic N) is 2. The Morgan fingerprint density at radius 3 is 2.76 bits per heavy atom. The zero-order valence-electron chi connectivity index (χ0n) is 12.3. The number of hydrogen-bond acceptors (Lipinski definition) is 3. The lowest BCUT2D eigenvalue weighted by Crippen LogP contribution is -2.18. The van der Waals surface area contributed by atoms with Crippen LogP contribution in [0.1, 0.15) is 42.9 Å². The van der Waals surface area contributed by atoms with E-state index < -0.39 is 6.04 Å². The molecule has 0 aliphatic heterocycles. The molecule has 4 nitrogen and oxygen atoms in total. The molecule has 2 aromatic heterocycles. The van der Waals surface area contributed by atoms with Crippen molar-refractivity contribution >= 4 is 22.6 Å². The number of benzene rings is 1. The Kier molecular flexibility index (Phi) is 3.51. The van der Waals surface area contributed by atoms with Crippen LogP contribution in [0.5, 0.6) is 0 Å². The van der Waals surface area contributed by atoms with E-state index in [1.54, 1.807) is 6.20 Å². The molecule has 1 unspecified atom stereocenters. The molecular formula is C16H18ClN3O. The van der Waals surface area contributed by atoms with Crippen LogP contribution in [0.25, 0.3) is 11.0 Å². The summed E-state index contributed by atoms with van der Waals surface area (Å²) in [6.45, 7) is 6.14. The number of rotatable bonds is 3. The second kappa shape index (κ2) is 5.20. The molecule has 0 aliphatic carbocycles. The summed E-state index contributed by atoms with van der Waals surface area (Å²) in [5.41, 5.74) is 9.16. The van der Waals surface area contributed by atoms with Crippen molar-refractivity contribution in [1.82, 2.24) is 9.78 Å². The first-order chi connectivity index (χ1) is 9.97. The molecular weight excluding hydrogens is 286 g/mol. The van der Waals surface area contributed by atoms with E-state index in [-0.39, 0.29) is 6.04 Å². The number of aromatic nitrogens is 2. The molecule has 5 heteroatoms. The van der Waals surface area contributed by atoms with Crippen LogP contribution in [-0.4, -0.2) is 9.78 Å². The van der Waals surface area contributed by atoms with Gasteiger partial charge < -0.3 is 10.2 Å². The average Bonchev–Trinajstić information content (AvgIpc) is 3.00. The van der Waals surface area contributed by atoms with E-state index in [9.17, 15) is 0 Å². The van der Waals surface area contributed by atoms with Gasteiger partial charge >= 0.3 is 0 Å². The lowest BCUT2D eigenvalue weighted by Gasteiger charge is -2.15. The highest BCUT2D eigenvalue weighted by Gasteiger charge is 2.23. The van der Waals surface area contributed by atoms with Crippen molar-refractivity contribution in [1.29, 1.82) is 0 Å². The molecule has 110 valence electrons. The lowest BCUT2D eigenvalue weighted by molar-refractivity contribution is 0.467. The van der Waals surface area contributed by atoms with Gasteiger partial charge in [-0.15, -0.1) is 0 Å². The molecule has 3 rings (SSSR count). The summed E-state index contributed by atoms with van der Waals surface area (Å²) in [6, 6.07) is 7.78. The predicted octanol–water partition coefficient (Wildman–Crippen LogP) is 4.22. The van der Waals surface area contributed by atoms with Crippen molar-refractivity contribution in [2.24, 2.45) is 5.73 Å².